The van der Waals surface area contributed by atoms with Crippen LogP contribution in [0.15, 0.2) is 150 Å². The number of pyridine rings is 1. The maximum atomic E-state index is 4.54. The van der Waals surface area contributed by atoms with Gasteiger partial charge < -0.3 is 33.4 Å². The van der Waals surface area contributed by atoms with Gasteiger partial charge in [-0.15, -0.1) is 47.0 Å². The number of H-pyrrole nitrogens is 2. The number of hydrogen-bond acceptors (Lipinski definition) is 34. The van der Waals surface area contributed by atoms with E-state index in [9.17, 15) is 0 Å². The molecular formula is C31H47N27O5S4. The molecule has 8 aromatic heterocycles. The van der Waals surface area contributed by atoms with Crippen LogP contribution in [-0.2, 0) is 9.57 Å². The van der Waals surface area contributed by atoms with E-state index in [0.29, 0.717) is 13.5 Å². The minimum Gasteiger partial charge on any atom is -0.460 e. The number of nitrogens with zero attached hydrogens (tertiary/aromatic N) is 19. The Morgan fingerprint density at radius 1 is 0.642 bits per heavy atom. The van der Waals surface area contributed by atoms with Gasteiger partial charge in [0.05, 0.1) is 24.0 Å². The van der Waals surface area contributed by atoms with Crippen molar-refractivity contribution >= 4 is 71.2 Å². The summed E-state index contributed by atoms with van der Waals surface area (Å²) in [5.74, 6) is 1.82. The van der Waals surface area contributed by atoms with E-state index >= 15 is 0 Å². The summed E-state index contributed by atoms with van der Waals surface area (Å²) in [6.07, 6.45) is 23.5. The molecule has 0 atom stereocenters. The van der Waals surface area contributed by atoms with E-state index in [4.69, 9.17) is 0 Å². The van der Waals surface area contributed by atoms with Crippen molar-refractivity contribution in [2.45, 2.75) is 0 Å². The number of nitrogens with one attached hydrogen (secondary N) is 8. The van der Waals surface area contributed by atoms with Gasteiger partial charge in [-0.1, -0.05) is 28.2 Å². The molecule has 0 unspecified atom stereocenters. The van der Waals surface area contributed by atoms with Crippen molar-refractivity contribution < 1.29 is 22.9 Å². The van der Waals surface area contributed by atoms with Gasteiger partial charge in [0.2, 0.25) is 19.2 Å². The van der Waals surface area contributed by atoms with Crippen LogP contribution in [0.2, 0.25) is 0 Å². The number of aromatic amines is 2. The van der Waals surface area contributed by atoms with Gasteiger partial charge in [-0.3, -0.25) is 36.2 Å². The summed E-state index contributed by atoms with van der Waals surface area (Å²) in [4.78, 5) is 29.9. The number of piperazine rings is 1. The summed E-state index contributed by atoms with van der Waals surface area (Å²) in [5.41, 5.74) is 14.6. The van der Waals surface area contributed by atoms with Crippen LogP contribution in [0.3, 0.4) is 0 Å². The predicted octanol–water partition coefficient (Wildman–Crippen LogP) is 0.616. The first-order valence-electron chi connectivity index (χ1n) is 18.2. The lowest BCUT2D eigenvalue weighted by Crippen LogP contribution is -2.39. The molecule has 0 aromatic carbocycles. The average molecular weight is 1010 g/mol. The molecule has 36 heteroatoms. The Morgan fingerprint density at radius 3 is 1.69 bits per heavy atom. The van der Waals surface area contributed by atoms with Crippen LogP contribution in [0.25, 0.3) is 0 Å². The molecule has 0 bridgehead atoms. The molecule has 1 saturated heterocycles. The van der Waals surface area contributed by atoms with E-state index in [0.717, 1.165) is 37.9 Å². The van der Waals surface area contributed by atoms with Crippen LogP contribution in [-0.4, -0.2) is 162 Å². The number of hydroxylamine groups is 1. The first-order chi connectivity index (χ1) is 33.5. The molecule has 360 valence electrons. The van der Waals surface area contributed by atoms with Gasteiger partial charge in [0, 0.05) is 38.6 Å². The summed E-state index contributed by atoms with van der Waals surface area (Å²) >= 11 is 6.12. The minimum atomic E-state index is 0.458. The second kappa shape index (κ2) is 54.4. The first-order valence-corrected chi connectivity index (χ1v) is 22.0. The molecule has 0 radical (unpaired) electrons. The minimum absolute atomic E-state index is 0.458. The van der Waals surface area contributed by atoms with E-state index in [1.165, 1.54) is 99.1 Å². The highest BCUT2D eigenvalue weighted by Crippen LogP contribution is 1.95. The van der Waals surface area contributed by atoms with Gasteiger partial charge in [-0.2, -0.15) is 19.8 Å². The third kappa shape index (κ3) is 52.5. The lowest BCUT2D eigenvalue weighted by molar-refractivity contribution is 0.117. The smallest absolute Gasteiger partial charge is 0.213 e. The van der Waals surface area contributed by atoms with Crippen molar-refractivity contribution in [3.8, 4) is 0 Å². The summed E-state index contributed by atoms with van der Waals surface area (Å²) in [6.45, 7) is 5.54. The first kappa shape index (κ1) is 57.2. The Bertz CT molecular complexity index is 1480. The van der Waals surface area contributed by atoms with Crippen molar-refractivity contribution in [3.05, 3.63) is 117 Å². The van der Waals surface area contributed by atoms with Gasteiger partial charge in [-0.25, -0.2) is 24.9 Å². The maximum absolute atomic E-state index is 4.54. The van der Waals surface area contributed by atoms with E-state index in [1.807, 2.05) is 18.2 Å². The van der Waals surface area contributed by atoms with E-state index in [-0.39, 0.29) is 0 Å². The fourth-order valence-electron chi connectivity index (χ4n) is 2.68. The van der Waals surface area contributed by atoms with Crippen LogP contribution in [0, 0.1) is 0 Å². The Labute approximate surface area is 398 Å². The third-order valence-corrected chi connectivity index (χ3v) is 7.03. The second-order valence-corrected chi connectivity index (χ2v) is 12.5. The number of aliphatic imine (C=N–C) groups is 2. The fraction of sp³-hybridized carbons (Fsp3) is 0.258. The molecule has 1 fully saturated rings. The number of oxazole rings is 1. The monoisotopic (exact) mass is 1010 g/mol. The SMILES string of the molecule is C1=NCON1.C1=NCSN1.C1=NNCO1.C1=NNCS1.C1CNCCN1.c1ccncc1.c1cocn1.c1nc[nH]n1.c1ncon1.c1ncsn1.c1nn[nH]n1.c1nnco1.c1nncs1. The molecule has 0 spiro atoms. The zero-order chi connectivity index (χ0) is 47.4. The Morgan fingerprint density at radius 2 is 1.49 bits per heavy atom. The molecule has 8 N–H and O–H groups in total. The topological polar surface area (TPSA) is 404 Å². The number of hydrogen-bond donors (Lipinski definition) is 8. The summed E-state index contributed by atoms with van der Waals surface area (Å²) < 4.78 is 24.1. The van der Waals surface area contributed by atoms with Crippen molar-refractivity contribution in [2.24, 2.45) is 20.2 Å². The summed E-state index contributed by atoms with van der Waals surface area (Å²) in [6, 6.07) is 5.72. The third-order valence-electron chi connectivity index (χ3n) is 5.07. The second-order valence-electron chi connectivity index (χ2n) is 9.54. The van der Waals surface area contributed by atoms with E-state index in [2.05, 4.69) is 160 Å². The highest BCUT2D eigenvalue weighted by Gasteiger charge is 1.91. The molecule has 0 aliphatic carbocycles. The van der Waals surface area contributed by atoms with Crippen LogP contribution < -0.4 is 31.7 Å². The van der Waals surface area contributed by atoms with Gasteiger partial charge >= 0.3 is 0 Å². The number of hydrazone groups is 2. The normalized spacial score (nSPS) is 12.7. The quantitative estimate of drug-likeness (QED) is 0.0965. The molecule has 67 heavy (non-hydrogen) atoms. The van der Waals surface area contributed by atoms with Crippen LogP contribution in [0.4, 0.5) is 0 Å². The Kier molecular flexibility index (Phi) is 46.5. The van der Waals surface area contributed by atoms with Crippen molar-refractivity contribution in [1.82, 2.24) is 117 Å². The number of ether oxygens (including phenoxy) is 1. The number of rotatable bonds is 0. The van der Waals surface area contributed by atoms with Crippen LogP contribution in [0.5, 0.6) is 0 Å². The highest BCUT2D eigenvalue weighted by molar-refractivity contribution is 8.12. The average Bonchev–Trinajstić information content (AvgIpc) is 4.28. The standard InChI is InChI=1S/C5H5N.C4H10N2.C3H3NO.C2H3N3.C2H4N2O.C2H2N2O.C2H4N2O.C2H2N2O.C2H4N2S.C2H2N2S.C2H4N2S.C2H2N2S.CH2N4/c1-2-4-6-5-3-1;1-2-6-4-3-5-1;1-2-5-3-4-1;1-3-2-5-4-1;2*1-3-4-2-5-1;2*1-3-2-5-4-1;2*1-3-4-2-5-1;2*1-3-2-5-4-1;1-2-4-5-3-1/h1-5H;5-6H,1-4H2;1-3H;1-2H,(H,3,4,5);1,4H,2H2;1-2H;1H,2H2,(H,3,4);1-2H;1,4H,2H2;1-2H;1H,2H2,(H,3,4);1-2H;1H,(H,2,3,4,5). The molecule has 13 rings (SSSR count). The Hall–Kier alpha value is -7.77. The van der Waals surface area contributed by atoms with Gasteiger partial charge in [0.25, 0.3) is 0 Å². The molecule has 8 aromatic rings. The number of tetrazole rings is 1. The highest BCUT2D eigenvalue weighted by atomic mass is 32.2. The van der Waals surface area contributed by atoms with Crippen LogP contribution in [0.1, 0.15) is 0 Å². The lowest BCUT2D eigenvalue weighted by atomic mass is 10.4. The largest absolute Gasteiger partial charge is 0.460 e. The van der Waals surface area contributed by atoms with Gasteiger partial charge in [0.15, 0.2) is 38.9 Å². The molecule has 0 saturated carbocycles. The van der Waals surface area contributed by atoms with Crippen molar-refractivity contribution in [2.75, 3.05) is 51.4 Å². The maximum Gasteiger partial charge on any atom is 0.213 e. The summed E-state index contributed by atoms with van der Waals surface area (Å²) in [5, 5.41) is 48.6. The number of thioether (sulfide) groups is 1. The molecule has 5 aliphatic rings. The molecule has 32 nitrogen and oxygen atoms in total. The number of aromatic nitrogens is 17. The zero-order valence-corrected chi connectivity index (χ0v) is 38.4. The van der Waals surface area contributed by atoms with Gasteiger partial charge in [0.1, 0.15) is 54.0 Å². The van der Waals surface area contributed by atoms with Crippen molar-refractivity contribution in [3.63, 3.8) is 0 Å². The van der Waals surface area contributed by atoms with Crippen LogP contribution >= 0.6 is 46.6 Å². The summed E-state index contributed by atoms with van der Waals surface area (Å²) in [7, 11) is 0. The molecule has 13 heterocycles. The van der Waals surface area contributed by atoms with E-state index in [1.54, 1.807) is 70.7 Å². The Balaban J connectivity index is 0.000000363. The molecule has 0 amide bonds. The molecule has 5 aliphatic heterocycles. The molecular weight excluding hydrogens is 959 g/mol. The fourth-order valence-corrected chi connectivity index (χ4v) is 3.97. The van der Waals surface area contributed by atoms with E-state index < -0.39 is 0 Å². The lowest BCUT2D eigenvalue weighted by Gasteiger charge is -2.11. The van der Waals surface area contributed by atoms with Gasteiger partial charge in [-0.05, 0) is 35.6 Å². The predicted molar refractivity (Wildman–Crippen MR) is 249 cm³/mol. The van der Waals surface area contributed by atoms with Crippen molar-refractivity contribution in [1.29, 1.82) is 0 Å². The zero-order valence-electron chi connectivity index (χ0n) is 35.1.